The number of hydrogen-bond acceptors (Lipinski definition) is 5. The lowest BCUT2D eigenvalue weighted by atomic mass is 10.1. The van der Waals surface area contributed by atoms with Gasteiger partial charge < -0.3 is 15.6 Å². The van der Waals surface area contributed by atoms with Gasteiger partial charge in [-0.15, -0.1) is 0 Å². The van der Waals surface area contributed by atoms with Gasteiger partial charge in [0.05, 0.1) is 10.5 Å². The third-order valence-corrected chi connectivity index (χ3v) is 6.50. The highest BCUT2D eigenvalue weighted by atomic mass is 32.2. The summed E-state index contributed by atoms with van der Waals surface area (Å²) in [5.74, 6) is -1.34. The number of aromatic amines is 1. The Morgan fingerprint density at radius 2 is 1.79 bits per heavy atom. The Morgan fingerprint density at radius 1 is 1.09 bits per heavy atom. The number of nitrogens with one attached hydrogen (secondary N) is 4. The highest BCUT2D eigenvalue weighted by Gasteiger charge is 2.18. The van der Waals surface area contributed by atoms with E-state index in [9.17, 15) is 27.2 Å². The predicted molar refractivity (Wildman–Crippen MR) is 127 cm³/mol. The Morgan fingerprint density at radius 3 is 2.47 bits per heavy atom. The average molecular weight is 489 g/mol. The number of rotatable bonds is 9. The molecule has 11 heteroatoms. The number of benzene rings is 2. The second-order valence-electron chi connectivity index (χ2n) is 7.75. The molecular weight excluding hydrogens is 463 g/mol. The molecule has 34 heavy (non-hydrogen) atoms. The maximum absolute atomic E-state index is 13.1. The summed E-state index contributed by atoms with van der Waals surface area (Å²) in [6.45, 7) is 3.85. The van der Waals surface area contributed by atoms with Gasteiger partial charge in [0, 0.05) is 41.7 Å². The molecule has 0 radical (unpaired) electrons. The Balaban J connectivity index is 1.84. The SMILES string of the molecule is CCC(C)NC(=O)CCNC(=O)c1cc(=O)[nH]c2ccc(S(=O)(=O)Nc3ccc(F)cc3)cc12. The van der Waals surface area contributed by atoms with Crippen LogP contribution in [0.5, 0.6) is 0 Å². The van der Waals surface area contributed by atoms with Gasteiger partial charge in [0.1, 0.15) is 5.82 Å². The number of sulfonamides is 1. The molecule has 0 fully saturated rings. The van der Waals surface area contributed by atoms with Crippen LogP contribution in [0, 0.1) is 5.82 Å². The molecule has 4 N–H and O–H groups in total. The molecule has 0 aliphatic heterocycles. The molecule has 1 atom stereocenters. The number of halogens is 1. The molecule has 1 aromatic heterocycles. The summed E-state index contributed by atoms with van der Waals surface area (Å²) in [7, 11) is -4.06. The summed E-state index contributed by atoms with van der Waals surface area (Å²) in [4.78, 5) is 39.1. The highest BCUT2D eigenvalue weighted by Crippen LogP contribution is 2.22. The second-order valence-corrected chi connectivity index (χ2v) is 9.43. The number of carbonyl (C=O) groups is 2. The van der Waals surface area contributed by atoms with Crippen LogP contribution in [0.2, 0.25) is 0 Å². The highest BCUT2D eigenvalue weighted by molar-refractivity contribution is 7.92. The number of H-pyrrole nitrogens is 1. The lowest BCUT2D eigenvalue weighted by molar-refractivity contribution is -0.121. The summed E-state index contributed by atoms with van der Waals surface area (Å²) in [5, 5.41) is 5.59. The Bertz CT molecular complexity index is 1370. The first kappa shape index (κ1) is 24.9. The largest absolute Gasteiger partial charge is 0.354 e. The molecule has 0 saturated heterocycles. The van der Waals surface area contributed by atoms with Crippen LogP contribution in [0.3, 0.4) is 0 Å². The van der Waals surface area contributed by atoms with E-state index in [1.165, 1.54) is 30.3 Å². The van der Waals surface area contributed by atoms with Crippen LogP contribution in [0.4, 0.5) is 10.1 Å². The smallest absolute Gasteiger partial charge is 0.261 e. The zero-order chi connectivity index (χ0) is 24.9. The van der Waals surface area contributed by atoms with E-state index in [2.05, 4.69) is 20.3 Å². The topological polar surface area (TPSA) is 137 Å². The second kappa shape index (κ2) is 10.5. The molecule has 0 saturated carbocycles. The number of anilines is 1. The molecule has 0 aliphatic carbocycles. The normalized spacial score (nSPS) is 12.2. The minimum atomic E-state index is -4.06. The average Bonchev–Trinajstić information content (AvgIpc) is 2.79. The monoisotopic (exact) mass is 488 g/mol. The van der Waals surface area contributed by atoms with Gasteiger partial charge >= 0.3 is 0 Å². The molecule has 0 aliphatic rings. The molecule has 3 aromatic rings. The third-order valence-electron chi connectivity index (χ3n) is 5.12. The summed E-state index contributed by atoms with van der Waals surface area (Å²) in [5.41, 5.74) is -0.128. The van der Waals surface area contributed by atoms with E-state index < -0.39 is 27.3 Å². The quantitative estimate of drug-likeness (QED) is 0.367. The van der Waals surface area contributed by atoms with Crippen molar-refractivity contribution in [1.29, 1.82) is 0 Å². The number of carbonyl (C=O) groups excluding carboxylic acids is 2. The molecule has 9 nitrogen and oxygen atoms in total. The van der Waals surface area contributed by atoms with Gasteiger partial charge in [0.15, 0.2) is 0 Å². The van der Waals surface area contributed by atoms with Gasteiger partial charge in [-0.05, 0) is 55.8 Å². The van der Waals surface area contributed by atoms with Gasteiger partial charge in [-0.1, -0.05) is 6.92 Å². The van der Waals surface area contributed by atoms with Crippen molar-refractivity contribution in [2.45, 2.75) is 37.6 Å². The first-order valence-corrected chi connectivity index (χ1v) is 12.1. The minimum absolute atomic E-state index is 0.0173. The summed E-state index contributed by atoms with van der Waals surface area (Å²) < 4.78 is 41.1. The van der Waals surface area contributed by atoms with E-state index in [0.717, 1.165) is 24.6 Å². The number of amides is 2. The van der Waals surface area contributed by atoms with Crippen molar-refractivity contribution in [2.24, 2.45) is 0 Å². The summed E-state index contributed by atoms with van der Waals surface area (Å²) in [6.07, 6.45) is 0.830. The first-order valence-electron chi connectivity index (χ1n) is 10.6. The van der Waals surface area contributed by atoms with E-state index in [4.69, 9.17) is 0 Å². The lowest BCUT2D eigenvalue weighted by Crippen LogP contribution is -2.35. The zero-order valence-corrected chi connectivity index (χ0v) is 19.5. The molecule has 2 aromatic carbocycles. The van der Waals surface area contributed by atoms with Gasteiger partial charge in [0.2, 0.25) is 11.5 Å². The molecule has 0 spiro atoms. The fraction of sp³-hybridized carbons (Fsp3) is 0.261. The lowest BCUT2D eigenvalue weighted by Gasteiger charge is -2.12. The molecule has 1 unspecified atom stereocenters. The van der Waals surface area contributed by atoms with Gasteiger partial charge in [-0.25, -0.2) is 12.8 Å². The van der Waals surface area contributed by atoms with Crippen molar-refractivity contribution in [3.63, 3.8) is 0 Å². The van der Waals surface area contributed by atoms with E-state index in [-0.39, 0.29) is 52.0 Å². The first-order chi connectivity index (χ1) is 16.1. The van der Waals surface area contributed by atoms with Crippen molar-refractivity contribution in [1.82, 2.24) is 15.6 Å². The fourth-order valence-corrected chi connectivity index (χ4v) is 4.24. The maximum atomic E-state index is 13.1. The van der Waals surface area contributed by atoms with Crippen molar-refractivity contribution in [3.05, 3.63) is 70.3 Å². The van der Waals surface area contributed by atoms with Gasteiger partial charge in [0.25, 0.3) is 15.9 Å². The maximum Gasteiger partial charge on any atom is 0.261 e. The van der Waals surface area contributed by atoms with Crippen molar-refractivity contribution < 1.29 is 22.4 Å². The Hall–Kier alpha value is -3.73. The van der Waals surface area contributed by atoms with E-state index in [0.29, 0.717) is 0 Å². The van der Waals surface area contributed by atoms with Crippen LogP contribution in [0.1, 0.15) is 37.0 Å². The Labute approximate surface area is 195 Å². The fourth-order valence-electron chi connectivity index (χ4n) is 3.15. The van der Waals surface area contributed by atoms with Crippen LogP contribution >= 0.6 is 0 Å². The van der Waals surface area contributed by atoms with Gasteiger partial charge in [-0.2, -0.15) is 0 Å². The molecule has 2 amide bonds. The molecule has 1 heterocycles. The van der Waals surface area contributed by atoms with Crippen LogP contribution in [0.25, 0.3) is 10.9 Å². The minimum Gasteiger partial charge on any atom is -0.354 e. The molecule has 3 rings (SSSR count). The van der Waals surface area contributed by atoms with E-state index in [1.807, 2.05) is 13.8 Å². The number of pyridine rings is 1. The Kier molecular flexibility index (Phi) is 7.67. The molecule has 0 bridgehead atoms. The van der Waals surface area contributed by atoms with Gasteiger partial charge in [-0.3, -0.25) is 19.1 Å². The third kappa shape index (κ3) is 6.19. The number of hydrogen-bond donors (Lipinski definition) is 4. The van der Waals surface area contributed by atoms with Crippen LogP contribution in [-0.2, 0) is 14.8 Å². The van der Waals surface area contributed by atoms with Crippen molar-refractivity contribution in [3.8, 4) is 0 Å². The molecule has 180 valence electrons. The van der Waals surface area contributed by atoms with Crippen LogP contribution < -0.4 is 20.9 Å². The van der Waals surface area contributed by atoms with E-state index >= 15 is 0 Å². The zero-order valence-electron chi connectivity index (χ0n) is 18.6. The summed E-state index contributed by atoms with van der Waals surface area (Å²) >= 11 is 0. The van der Waals surface area contributed by atoms with Crippen LogP contribution in [-0.4, -0.2) is 37.8 Å². The predicted octanol–water partition coefficient (Wildman–Crippen LogP) is 2.50. The molecular formula is C23H25FN4O5S. The van der Waals surface area contributed by atoms with Crippen molar-refractivity contribution in [2.75, 3.05) is 11.3 Å². The standard InChI is InChI=1S/C23H25FN4O5S/c1-3-14(2)26-21(29)10-11-25-23(31)19-13-22(30)27-20-9-8-17(12-18(19)20)34(32,33)28-16-6-4-15(24)5-7-16/h4-9,12-14,28H,3,10-11H2,1-2H3,(H,25,31)(H,26,29)(H,27,30). The summed E-state index contributed by atoms with van der Waals surface area (Å²) in [6, 6.07) is 9.82. The number of aromatic nitrogens is 1. The van der Waals surface area contributed by atoms with Crippen molar-refractivity contribution >= 4 is 38.4 Å². The number of fused-ring (bicyclic) bond motifs is 1. The van der Waals surface area contributed by atoms with Crippen LogP contribution in [0.15, 0.2) is 58.2 Å². The van der Waals surface area contributed by atoms with E-state index in [1.54, 1.807) is 0 Å².